The summed E-state index contributed by atoms with van der Waals surface area (Å²) in [5, 5.41) is 19.7. The van der Waals surface area contributed by atoms with Crippen molar-refractivity contribution in [3.8, 4) is 0 Å². The number of carbonyl (C=O) groups is 1. The van der Waals surface area contributed by atoms with Crippen LogP contribution in [-0.4, -0.2) is 21.0 Å². The van der Waals surface area contributed by atoms with Gasteiger partial charge in [-0.3, -0.25) is 10.1 Å². The Balaban J connectivity index is 2.17. The average Bonchev–Trinajstić information content (AvgIpc) is 2.46. The van der Waals surface area contributed by atoms with E-state index in [0.717, 1.165) is 10.5 Å². The van der Waals surface area contributed by atoms with E-state index in [-0.39, 0.29) is 11.4 Å². The summed E-state index contributed by atoms with van der Waals surface area (Å²) in [6, 6.07) is 7.99. The molecule has 0 radical (unpaired) electrons. The quantitative estimate of drug-likeness (QED) is 0.490. The van der Waals surface area contributed by atoms with Crippen molar-refractivity contribution in [2.24, 2.45) is 0 Å². The first kappa shape index (κ1) is 15.5. The minimum atomic E-state index is -1.09. The number of carboxylic acid groups (broad SMARTS) is 1. The summed E-state index contributed by atoms with van der Waals surface area (Å²) < 4.78 is 0.440. The number of hydrogen-bond acceptors (Lipinski definition) is 5. The third kappa shape index (κ3) is 3.79. The van der Waals surface area contributed by atoms with E-state index in [4.69, 9.17) is 5.11 Å². The number of hydrogen-bond donors (Lipinski definition) is 1. The Hall–Kier alpha value is -1.93. The summed E-state index contributed by atoms with van der Waals surface area (Å²) in [5.41, 5.74) is 0.745. The van der Waals surface area contributed by atoms with Gasteiger partial charge in [-0.15, -0.1) is 11.8 Å². The van der Waals surface area contributed by atoms with Gasteiger partial charge in [0.2, 0.25) is 0 Å². The van der Waals surface area contributed by atoms with Gasteiger partial charge in [-0.2, -0.15) is 0 Å². The Kier molecular flexibility index (Phi) is 4.92. The van der Waals surface area contributed by atoms with E-state index in [9.17, 15) is 14.9 Å². The Bertz CT molecular complexity index is 708. The second kappa shape index (κ2) is 6.68. The minimum absolute atomic E-state index is 0.00838. The van der Waals surface area contributed by atoms with Crippen molar-refractivity contribution in [1.29, 1.82) is 0 Å². The molecular formula is C13H9BrN2O4S. The van der Waals surface area contributed by atoms with Crippen LogP contribution >= 0.6 is 27.7 Å². The molecule has 6 nitrogen and oxygen atoms in total. The van der Waals surface area contributed by atoms with Gasteiger partial charge in [0.05, 0.1) is 9.40 Å². The number of aromatic nitrogens is 1. The molecule has 1 aromatic carbocycles. The van der Waals surface area contributed by atoms with E-state index >= 15 is 0 Å². The number of aromatic carboxylic acids is 1. The Morgan fingerprint density at radius 1 is 1.43 bits per heavy atom. The first-order chi connectivity index (χ1) is 9.99. The van der Waals surface area contributed by atoms with Crippen LogP contribution in [0.3, 0.4) is 0 Å². The molecule has 0 bridgehead atoms. The van der Waals surface area contributed by atoms with Gasteiger partial charge in [0.25, 0.3) is 5.69 Å². The lowest BCUT2D eigenvalue weighted by Gasteiger charge is -2.05. The molecule has 1 N–H and O–H groups in total. The SMILES string of the molecule is O=C(O)c1cc(SCc2cccc([N+](=O)[O-])c2Br)ccn1. The van der Waals surface area contributed by atoms with E-state index in [1.54, 1.807) is 18.2 Å². The summed E-state index contributed by atoms with van der Waals surface area (Å²) in [4.78, 5) is 25.7. The van der Waals surface area contributed by atoms with Gasteiger partial charge in [0.1, 0.15) is 5.69 Å². The number of benzene rings is 1. The van der Waals surface area contributed by atoms with Crippen LogP contribution in [0.5, 0.6) is 0 Å². The largest absolute Gasteiger partial charge is 0.477 e. The first-order valence-corrected chi connectivity index (χ1v) is 7.51. The van der Waals surface area contributed by atoms with E-state index in [1.165, 1.54) is 30.1 Å². The maximum Gasteiger partial charge on any atom is 0.354 e. The third-order valence-electron chi connectivity index (χ3n) is 2.60. The molecule has 8 heteroatoms. The van der Waals surface area contributed by atoms with E-state index in [2.05, 4.69) is 20.9 Å². The topological polar surface area (TPSA) is 93.3 Å². The average molecular weight is 369 g/mol. The molecule has 0 aliphatic rings. The van der Waals surface area contributed by atoms with Crippen LogP contribution in [0.2, 0.25) is 0 Å². The summed E-state index contributed by atoms with van der Waals surface area (Å²) in [6.07, 6.45) is 1.42. The maximum absolute atomic E-state index is 10.9. The van der Waals surface area contributed by atoms with Crippen molar-refractivity contribution in [2.75, 3.05) is 0 Å². The van der Waals surface area contributed by atoms with Crippen LogP contribution in [0.4, 0.5) is 5.69 Å². The molecule has 0 atom stereocenters. The Morgan fingerprint density at radius 2 is 2.19 bits per heavy atom. The molecule has 2 rings (SSSR count). The fraction of sp³-hybridized carbons (Fsp3) is 0.0769. The fourth-order valence-corrected chi connectivity index (χ4v) is 3.25. The lowest BCUT2D eigenvalue weighted by atomic mass is 10.2. The third-order valence-corrected chi connectivity index (χ3v) is 4.56. The fourth-order valence-electron chi connectivity index (χ4n) is 1.60. The second-order valence-corrected chi connectivity index (χ2v) is 5.82. The van der Waals surface area contributed by atoms with Gasteiger partial charge in [0.15, 0.2) is 0 Å². The summed E-state index contributed by atoms with van der Waals surface area (Å²) in [7, 11) is 0. The van der Waals surface area contributed by atoms with Crippen LogP contribution in [0.15, 0.2) is 45.9 Å². The smallest absolute Gasteiger partial charge is 0.354 e. The summed E-state index contributed by atoms with van der Waals surface area (Å²) >= 11 is 4.62. The van der Waals surface area contributed by atoms with Gasteiger partial charge < -0.3 is 5.11 Å². The number of carboxylic acids is 1. The van der Waals surface area contributed by atoms with Crippen LogP contribution < -0.4 is 0 Å². The first-order valence-electron chi connectivity index (χ1n) is 5.73. The number of nitrogens with zero attached hydrogens (tertiary/aromatic N) is 2. The molecule has 0 saturated heterocycles. The van der Waals surface area contributed by atoms with Crippen molar-refractivity contribution < 1.29 is 14.8 Å². The van der Waals surface area contributed by atoms with Gasteiger partial charge in [0, 0.05) is 22.9 Å². The molecule has 0 unspecified atom stereocenters. The highest BCUT2D eigenvalue weighted by Gasteiger charge is 2.15. The molecule has 1 heterocycles. The molecule has 21 heavy (non-hydrogen) atoms. The highest BCUT2D eigenvalue weighted by atomic mass is 79.9. The number of halogens is 1. The zero-order chi connectivity index (χ0) is 15.4. The summed E-state index contributed by atoms with van der Waals surface area (Å²) in [5.74, 6) is -0.611. The van der Waals surface area contributed by atoms with Crippen molar-refractivity contribution in [2.45, 2.75) is 10.6 Å². The number of nitro benzene ring substituents is 1. The molecule has 0 aliphatic heterocycles. The van der Waals surface area contributed by atoms with Gasteiger partial charge in [-0.25, -0.2) is 9.78 Å². The summed E-state index contributed by atoms with van der Waals surface area (Å²) in [6.45, 7) is 0. The predicted octanol–water partition coefficient (Wildman–Crippen LogP) is 3.74. The van der Waals surface area contributed by atoms with E-state index in [1.807, 2.05) is 0 Å². The molecule has 0 saturated carbocycles. The van der Waals surface area contributed by atoms with E-state index in [0.29, 0.717) is 10.2 Å². The molecule has 108 valence electrons. The van der Waals surface area contributed by atoms with Crippen LogP contribution in [-0.2, 0) is 5.75 Å². The maximum atomic E-state index is 10.9. The molecular weight excluding hydrogens is 360 g/mol. The van der Waals surface area contributed by atoms with E-state index < -0.39 is 10.9 Å². The van der Waals surface area contributed by atoms with Gasteiger partial charge >= 0.3 is 5.97 Å². The highest BCUT2D eigenvalue weighted by molar-refractivity contribution is 9.10. The Morgan fingerprint density at radius 3 is 2.86 bits per heavy atom. The molecule has 0 spiro atoms. The monoisotopic (exact) mass is 368 g/mol. The van der Waals surface area contributed by atoms with Gasteiger partial charge in [-0.05, 0) is 33.6 Å². The highest BCUT2D eigenvalue weighted by Crippen LogP contribution is 2.32. The molecule has 0 fully saturated rings. The molecule has 1 aromatic heterocycles. The van der Waals surface area contributed by atoms with Crippen molar-refractivity contribution in [3.63, 3.8) is 0 Å². The Labute approximate surface area is 132 Å². The normalized spacial score (nSPS) is 10.3. The lowest BCUT2D eigenvalue weighted by Crippen LogP contribution is -1.99. The molecule has 0 aliphatic carbocycles. The van der Waals surface area contributed by atoms with Crippen molar-refractivity contribution in [3.05, 3.63) is 62.4 Å². The zero-order valence-corrected chi connectivity index (χ0v) is 12.9. The van der Waals surface area contributed by atoms with Gasteiger partial charge in [-0.1, -0.05) is 12.1 Å². The van der Waals surface area contributed by atoms with Crippen LogP contribution in [0, 0.1) is 10.1 Å². The number of rotatable bonds is 5. The standard InChI is InChI=1S/C13H9BrN2O4S/c14-12-8(2-1-3-11(12)16(19)20)7-21-9-4-5-15-10(6-9)13(17)18/h1-6H,7H2,(H,17,18). The zero-order valence-electron chi connectivity index (χ0n) is 10.5. The minimum Gasteiger partial charge on any atom is -0.477 e. The lowest BCUT2D eigenvalue weighted by molar-refractivity contribution is -0.385. The number of nitro groups is 1. The van der Waals surface area contributed by atoms with Crippen molar-refractivity contribution >= 4 is 39.3 Å². The second-order valence-electron chi connectivity index (χ2n) is 3.98. The molecule has 0 amide bonds. The van der Waals surface area contributed by atoms with Crippen molar-refractivity contribution in [1.82, 2.24) is 4.98 Å². The predicted molar refractivity (Wildman–Crippen MR) is 81.6 cm³/mol. The number of thioether (sulfide) groups is 1. The number of pyridine rings is 1. The van der Waals surface area contributed by atoms with Crippen LogP contribution in [0.1, 0.15) is 16.1 Å². The van der Waals surface area contributed by atoms with Crippen LogP contribution in [0.25, 0.3) is 0 Å². The molecule has 2 aromatic rings.